The number of hydrogen-bond acceptors (Lipinski definition) is 4. The summed E-state index contributed by atoms with van der Waals surface area (Å²) >= 11 is 0. The molecule has 3 rings (SSSR count). The lowest BCUT2D eigenvalue weighted by atomic mass is 10.1. The number of esters is 1. The number of ether oxygens (including phenoxy) is 1. The lowest BCUT2D eigenvalue weighted by molar-refractivity contribution is -0.147. The van der Waals surface area contributed by atoms with Gasteiger partial charge in [-0.3, -0.25) is 9.36 Å². The molecular weight excluding hydrogens is 290 g/mol. The zero-order chi connectivity index (χ0) is 16.1. The average molecular weight is 307 g/mol. The zero-order valence-electron chi connectivity index (χ0n) is 12.8. The van der Waals surface area contributed by atoms with E-state index in [1.54, 1.807) is 23.3 Å². The predicted octanol–water partition coefficient (Wildman–Crippen LogP) is 3.11. The summed E-state index contributed by atoms with van der Waals surface area (Å²) in [5.74, 6) is 0.463. The predicted molar refractivity (Wildman–Crippen MR) is 86.0 cm³/mol. The molecule has 0 fully saturated rings. The van der Waals surface area contributed by atoms with Gasteiger partial charge in [-0.05, 0) is 24.6 Å². The van der Waals surface area contributed by atoms with Crippen LogP contribution < -0.4 is 0 Å². The van der Waals surface area contributed by atoms with E-state index in [1.807, 2.05) is 55.5 Å². The molecule has 5 nitrogen and oxygen atoms in total. The van der Waals surface area contributed by atoms with Gasteiger partial charge in [-0.15, -0.1) is 0 Å². The molecular formula is C18H17N3O2. The van der Waals surface area contributed by atoms with Gasteiger partial charge in [0.05, 0.1) is 12.1 Å². The molecule has 0 N–H and O–H groups in total. The molecule has 0 spiro atoms. The van der Waals surface area contributed by atoms with Crippen LogP contribution in [0, 0.1) is 0 Å². The van der Waals surface area contributed by atoms with Gasteiger partial charge in [0.25, 0.3) is 0 Å². The van der Waals surface area contributed by atoms with Crippen LogP contribution in [0.3, 0.4) is 0 Å². The molecule has 5 heteroatoms. The first-order chi connectivity index (χ1) is 11.2. The molecule has 116 valence electrons. The van der Waals surface area contributed by atoms with Gasteiger partial charge < -0.3 is 4.74 Å². The van der Waals surface area contributed by atoms with E-state index < -0.39 is 0 Å². The normalized spacial score (nSPS) is 11.9. The Morgan fingerprint density at radius 2 is 1.91 bits per heavy atom. The van der Waals surface area contributed by atoms with E-state index in [1.165, 1.54) is 0 Å². The molecule has 0 aliphatic carbocycles. The zero-order valence-corrected chi connectivity index (χ0v) is 12.8. The standard InChI is InChI=1S/C18H17N3O2/c1-14(15-7-3-2-4-8-15)23-18(22)11-16-12-21(13-20-16)17-9-5-6-10-19-17/h2-10,12-14H,11H2,1H3/t14-/m1/s1. The lowest BCUT2D eigenvalue weighted by Crippen LogP contribution is -2.11. The first-order valence-electron chi connectivity index (χ1n) is 7.41. The highest BCUT2D eigenvalue weighted by Crippen LogP contribution is 2.17. The minimum Gasteiger partial charge on any atom is -0.457 e. The summed E-state index contributed by atoms with van der Waals surface area (Å²) in [6.07, 6.45) is 5.01. The Morgan fingerprint density at radius 1 is 1.13 bits per heavy atom. The molecule has 0 aliphatic rings. The van der Waals surface area contributed by atoms with Crippen LogP contribution in [0.2, 0.25) is 0 Å². The Labute approximate surface area is 134 Å². The largest absolute Gasteiger partial charge is 0.457 e. The highest BCUT2D eigenvalue weighted by molar-refractivity contribution is 5.72. The molecule has 3 aromatic rings. The summed E-state index contributed by atoms with van der Waals surface area (Å²) < 4.78 is 7.23. The summed E-state index contributed by atoms with van der Waals surface area (Å²) in [4.78, 5) is 20.5. The fourth-order valence-corrected chi connectivity index (χ4v) is 2.27. The molecule has 2 aromatic heterocycles. The van der Waals surface area contributed by atoms with Crippen molar-refractivity contribution < 1.29 is 9.53 Å². The van der Waals surface area contributed by atoms with Crippen LogP contribution in [0.15, 0.2) is 67.3 Å². The maximum Gasteiger partial charge on any atom is 0.312 e. The van der Waals surface area contributed by atoms with Gasteiger partial charge in [-0.1, -0.05) is 36.4 Å². The van der Waals surface area contributed by atoms with Crippen LogP contribution in [0.25, 0.3) is 5.82 Å². The minimum atomic E-state index is -0.298. The van der Waals surface area contributed by atoms with Crippen LogP contribution in [0.5, 0.6) is 0 Å². The van der Waals surface area contributed by atoms with Gasteiger partial charge >= 0.3 is 5.97 Å². The van der Waals surface area contributed by atoms with Crippen LogP contribution in [-0.2, 0) is 16.0 Å². The van der Waals surface area contributed by atoms with Crippen molar-refractivity contribution in [3.8, 4) is 5.82 Å². The Hall–Kier alpha value is -2.95. The molecule has 0 unspecified atom stereocenters. The molecule has 0 bridgehead atoms. The number of carbonyl (C=O) groups excluding carboxylic acids is 1. The van der Waals surface area contributed by atoms with Crippen LogP contribution in [0.4, 0.5) is 0 Å². The number of benzene rings is 1. The smallest absolute Gasteiger partial charge is 0.312 e. The fraction of sp³-hybridized carbons (Fsp3) is 0.167. The molecule has 23 heavy (non-hydrogen) atoms. The molecule has 0 radical (unpaired) electrons. The highest BCUT2D eigenvalue weighted by atomic mass is 16.5. The molecule has 0 saturated heterocycles. The van der Waals surface area contributed by atoms with E-state index in [2.05, 4.69) is 9.97 Å². The third-order valence-electron chi connectivity index (χ3n) is 3.45. The lowest BCUT2D eigenvalue weighted by Gasteiger charge is -2.12. The first kappa shape index (κ1) is 15.0. The van der Waals surface area contributed by atoms with Crippen LogP contribution in [-0.4, -0.2) is 20.5 Å². The number of nitrogens with zero attached hydrogens (tertiary/aromatic N) is 3. The average Bonchev–Trinajstić information content (AvgIpc) is 3.04. The summed E-state index contributed by atoms with van der Waals surface area (Å²) in [6, 6.07) is 15.3. The highest BCUT2D eigenvalue weighted by Gasteiger charge is 2.13. The number of carbonyl (C=O) groups is 1. The Balaban J connectivity index is 1.61. The third-order valence-corrected chi connectivity index (χ3v) is 3.45. The maximum absolute atomic E-state index is 12.1. The van der Waals surface area contributed by atoms with Crippen molar-refractivity contribution in [1.29, 1.82) is 0 Å². The van der Waals surface area contributed by atoms with Crippen molar-refractivity contribution in [2.24, 2.45) is 0 Å². The minimum absolute atomic E-state index is 0.136. The monoisotopic (exact) mass is 307 g/mol. The van der Waals surface area contributed by atoms with Crippen LogP contribution in [0.1, 0.15) is 24.3 Å². The van der Waals surface area contributed by atoms with Gasteiger partial charge in [-0.2, -0.15) is 0 Å². The number of aromatic nitrogens is 3. The molecule has 1 atom stereocenters. The Morgan fingerprint density at radius 3 is 2.65 bits per heavy atom. The van der Waals surface area contributed by atoms with Crippen molar-refractivity contribution in [3.63, 3.8) is 0 Å². The van der Waals surface area contributed by atoms with Crippen molar-refractivity contribution in [1.82, 2.24) is 14.5 Å². The number of pyridine rings is 1. The maximum atomic E-state index is 12.1. The molecule has 0 aliphatic heterocycles. The first-order valence-corrected chi connectivity index (χ1v) is 7.41. The van der Waals surface area contributed by atoms with Gasteiger partial charge in [0.15, 0.2) is 0 Å². The molecule has 2 heterocycles. The second kappa shape index (κ2) is 6.87. The van der Waals surface area contributed by atoms with E-state index in [-0.39, 0.29) is 18.5 Å². The van der Waals surface area contributed by atoms with Gasteiger partial charge in [-0.25, -0.2) is 9.97 Å². The van der Waals surface area contributed by atoms with E-state index in [4.69, 9.17) is 4.74 Å². The fourth-order valence-electron chi connectivity index (χ4n) is 2.27. The summed E-state index contributed by atoms with van der Waals surface area (Å²) in [5, 5.41) is 0. The topological polar surface area (TPSA) is 57.0 Å². The Bertz CT molecular complexity index is 769. The van der Waals surface area contributed by atoms with Gasteiger partial charge in [0.2, 0.25) is 0 Å². The van der Waals surface area contributed by atoms with Crippen molar-refractivity contribution in [3.05, 3.63) is 78.5 Å². The third kappa shape index (κ3) is 3.83. The summed E-state index contributed by atoms with van der Waals surface area (Å²) in [5.41, 5.74) is 1.63. The van der Waals surface area contributed by atoms with Crippen molar-refractivity contribution >= 4 is 5.97 Å². The van der Waals surface area contributed by atoms with Crippen molar-refractivity contribution in [2.75, 3.05) is 0 Å². The summed E-state index contributed by atoms with van der Waals surface area (Å²) in [7, 11) is 0. The van der Waals surface area contributed by atoms with E-state index >= 15 is 0 Å². The number of rotatable bonds is 5. The second-order valence-electron chi connectivity index (χ2n) is 5.18. The number of hydrogen-bond donors (Lipinski definition) is 0. The molecule has 0 amide bonds. The number of imidazole rings is 1. The Kier molecular flexibility index (Phi) is 4.47. The van der Waals surface area contributed by atoms with Crippen molar-refractivity contribution in [2.45, 2.75) is 19.4 Å². The summed E-state index contributed by atoms with van der Waals surface area (Å²) in [6.45, 7) is 1.86. The second-order valence-corrected chi connectivity index (χ2v) is 5.18. The SMILES string of the molecule is C[C@@H](OC(=O)Cc1cn(-c2ccccn2)cn1)c1ccccc1. The van der Waals surface area contributed by atoms with Gasteiger partial charge in [0, 0.05) is 12.4 Å². The quantitative estimate of drug-likeness (QED) is 0.680. The van der Waals surface area contributed by atoms with E-state index in [9.17, 15) is 4.79 Å². The van der Waals surface area contributed by atoms with E-state index in [0.29, 0.717) is 5.69 Å². The van der Waals surface area contributed by atoms with E-state index in [0.717, 1.165) is 11.4 Å². The van der Waals surface area contributed by atoms with Gasteiger partial charge in [0.1, 0.15) is 18.2 Å². The van der Waals surface area contributed by atoms with Crippen LogP contribution >= 0.6 is 0 Å². The molecule has 1 aromatic carbocycles. The molecule has 0 saturated carbocycles.